The molecule has 0 aromatic heterocycles. The van der Waals surface area contributed by atoms with Gasteiger partial charge in [0.1, 0.15) is 17.7 Å². The van der Waals surface area contributed by atoms with Crippen molar-refractivity contribution < 1.29 is 24.2 Å². The Hall–Kier alpha value is -2.61. The van der Waals surface area contributed by atoms with Gasteiger partial charge in [0.15, 0.2) is 0 Å². The summed E-state index contributed by atoms with van der Waals surface area (Å²) in [5.74, 6) is -0.765. The zero-order chi connectivity index (χ0) is 25.6. The summed E-state index contributed by atoms with van der Waals surface area (Å²) in [7, 11) is 0. The van der Waals surface area contributed by atoms with E-state index in [2.05, 4.69) is 17.6 Å². The van der Waals surface area contributed by atoms with Gasteiger partial charge in [-0.15, -0.1) is 0 Å². The largest absolute Gasteiger partial charge is 0.444 e. The number of hydrogen-bond donors (Lipinski definition) is 3. The molecule has 3 atom stereocenters. The van der Waals surface area contributed by atoms with Gasteiger partial charge in [-0.2, -0.15) is 0 Å². The molecule has 0 heterocycles. The Kier molecular flexibility index (Phi) is 9.50. The fourth-order valence-electron chi connectivity index (χ4n) is 4.12. The molecule has 0 spiro atoms. The number of nitrogens with zero attached hydrogens (tertiary/aromatic N) is 1. The van der Waals surface area contributed by atoms with Gasteiger partial charge in [0, 0.05) is 12.1 Å². The predicted octanol–water partition coefficient (Wildman–Crippen LogP) is 3.53. The molecule has 0 saturated heterocycles. The number of carbonyl (C=O) groups excluding carboxylic acids is 3. The quantitative estimate of drug-likeness (QED) is 0.480. The van der Waals surface area contributed by atoms with Gasteiger partial charge < -0.3 is 25.4 Å². The average Bonchev–Trinajstić information content (AvgIpc) is 3.52. The van der Waals surface area contributed by atoms with E-state index >= 15 is 0 Å². The molecule has 0 radical (unpaired) electrons. The number of hydrogen-bond acceptors (Lipinski definition) is 5. The minimum atomic E-state index is -1.22. The molecule has 1 aliphatic carbocycles. The highest BCUT2D eigenvalue weighted by atomic mass is 16.6. The van der Waals surface area contributed by atoms with Crippen molar-refractivity contribution in [1.82, 2.24) is 15.5 Å². The van der Waals surface area contributed by atoms with Crippen LogP contribution < -0.4 is 10.6 Å². The Balaban J connectivity index is 2.42. The number of aryl methyl sites for hydroxylation is 2. The number of nitrogens with one attached hydrogen (secondary N) is 2. The van der Waals surface area contributed by atoms with Crippen LogP contribution in [0.4, 0.5) is 4.79 Å². The van der Waals surface area contributed by atoms with E-state index < -0.39 is 36.3 Å². The van der Waals surface area contributed by atoms with E-state index in [1.165, 1.54) is 0 Å². The van der Waals surface area contributed by atoms with E-state index in [4.69, 9.17) is 4.74 Å². The summed E-state index contributed by atoms with van der Waals surface area (Å²) < 4.78 is 5.27. The molecule has 34 heavy (non-hydrogen) atoms. The van der Waals surface area contributed by atoms with Crippen molar-refractivity contribution in [2.24, 2.45) is 0 Å². The number of benzene rings is 1. The number of aliphatic hydroxyl groups excluding tert-OH is 1. The lowest BCUT2D eigenvalue weighted by molar-refractivity contribution is -0.144. The van der Waals surface area contributed by atoms with E-state index in [0.717, 1.165) is 36.8 Å². The molecular weight excluding hydrogens is 434 g/mol. The third kappa shape index (κ3) is 8.01. The Bertz CT molecular complexity index is 855. The summed E-state index contributed by atoms with van der Waals surface area (Å²) in [6, 6.07) is 3.58. The van der Waals surface area contributed by atoms with Gasteiger partial charge in [-0.3, -0.25) is 9.59 Å². The van der Waals surface area contributed by atoms with E-state index in [0.29, 0.717) is 5.56 Å². The lowest BCUT2D eigenvalue weighted by atomic mass is 9.98. The maximum atomic E-state index is 13.7. The van der Waals surface area contributed by atoms with E-state index in [1.54, 1.807) is 25.7 Å². The first-order chi connectivity index (χ1) is 15.9. The lowest BCUT2D eigenvalue weighted by Crippen LogP contribution is -2.55. The number of rotatable bonds is 10. The molecule has 3 unspecified atom stereocenters. The van der Waals surface area contributed by atoms with Gasteiger partial charge in [-0.05, 0) is 66.4 Å². The molecule has 3 amide bonds. The minimum Gasteiger partial charge on any atom is -0.444 e. The Morgan fingerprint density at radius 1 is 1.12 bits per heavy atom. The van der Waals surface area contributed by atoms with Crippen LogP contribution in [0.5, 0.6) is 0 Å². The maximum absolute atomic E-state index is 13.7. The Labute approximate surface area is 203 Å². The highest BCUT2D eigenvalue weighted by Crippen LogP contribution is 2.36. The Morgan fingerprint density at radius 2 is 1.71 bits per heavy atom. The van der Waals surface area contributed by atoms with Gasteiger partial charge in [-0.25, -0.2) is 4.79 Å². The van der Waals surface area contributed by atoms with Crippen LogP contribution in [0.15, 0.2) is 18.2 Å². The van der Waals surface area contributed by atoms with Crippen LogP contribution in [0, 0.1) is 13.8 Å². The average molecular weight is 476 g/mol. The predicted molar refractivity (Wildman–Crippen MR) is 131 cm³/mol. The summed E-state index contributed by atoms with van der Waals surface area (Å²) in [5.41, 5.74) is 1.94. The second kappa shape index (κ2) is 11.7. The zero-order valence-corrected chi connectivity index (χ0v) is 21.6. The van der Waals surface area contributed by atoms with Gasteiger partial charge in [0.2, 0.25) is 11.8 Å². The summed E-state index contributed by atoms with van der Waals surface area (Å²) in [6.45, 7) is 12.5. The van der Waals surface area contributed by atoms with Crippen LogP contribution in [0.25, 0.3) is 0 Å². The van der Waals surface area contributed by atoms with Crippen molar-refractivity contribution in [2.45, 2.75) is 104 Å². The second-order valence-electron chi connectivity index (χ2n) is 10.4. The number of carbonyl (C=O) groups is 3. The van der Waals surface area contributed by atoms with Gasteiger partial charge in [0.05, 0.1) is 6.61 Å². The van der Waals surface area contributed by atoms with Crippen LogP contribution >= 0.6 is 0 Å². The molecule has 2 rings (SSSR count). The molecule has 1 aromatic carbocycles. The Morgan fingerprint density at radius 3 is 2.18 bits per heavy atom. The van der Waals surface area contributed by atoms with Crippen LogP contribution in [-0.2, 0) is 14.3 Å². The number of amides is 3. The van der Waals surface area contributed by atoms with Crippen molar-refractivity contribution in [1.29, 1.82) is 0 Å². The third-order valence-electron chi connectivity index (χ3n) is 5.56. The first kappa shape index (κ1) is 27.6. The van der Waals surface area contributed by atoms with Crippen molar-refractivity contribution in [3.05, 3.63) is 34.9 Å². The molecule has 1 aromatic rings. The highest BCUT2D eigenvalue weighted by Gasteiger charge is 2.44. The van der Waals surface area contributed by atoms with E-state index in [1.807, 2.05) is 39.0 Å². The lowest BCUT2D eigenvalue weighted by Gasteiger charge is -2.35. The summed E-state index contributed by atoms with van der Waals surface area (Å²) in [5, 5.41) is 15.5. The van der Waals surface area contributed by atoms with Crippen LogP contribution in [0.2, 0.25) is 0 Å². The molecular formula is C26H41N3O5. The van der Waals surface area contributed by atoms with Crippen molar-refractivity contribution >= 4 is 17.9 Å². The third-order valence-corrected chi connectivity index (χ3v) is 5.56. The molecule has 190 valence electrons. The van der Waals surface area contributed by atoms with Crippen molar-refractivity contribution in [3.63, 3.8) is 0 Å². The standard InChI is InChI=1S/C26H41N3O5/c1-8-9-18(4)27-23(31)22(19-13-16(2)12-17(3)14-19)29(20-10-11-20)24(32)21(15-30)28-25(33)34-26(5,6)7/h12-14,18,20-22,30H,8-11,15H2,1-7H3,(H,27,31)(H,28,33). The first-order valence-electron chi connectivity index (χ1n) is 12.2. The summed E-state index contributed by atoms with van der Waals surface area (Å²) in [6.07, 6.45) is 2.47. The monoisotopic (exact) mass is 475 g/mol. The number of alkyl carbamates (subject to hydrolysis) is 1. The van der Waals surface area contributed by atoms with Crippen molar-refractivity contribution in [2.75, 3.05) is 6.61 Å². The highest BCUT2D eigenvalue weighted by molar-refractivity contribution is 5.92. The normalized spacial score (nSPS) is 16.2. The van der Waals surface area contributed by atoms with Crippen LogP contribution in [0.1, 0.15) is 83.0 Å². The van der Waals surface area contributed by atoms with Gasteiger partial charge >= 0.3 is 6.09 Å². The molecule has 1 fully saturated rings. The molecule has 0 aliphatic heterocycles. The van der Waals surface area contributed by atoms with Gasteiger partial charge in [0.25, 0.3) is 0 Å². The summed E-state index contributed by atoms with van der Waals surface area (Å²) >= 11 is 0. The van der Waals surface area contributed by atoms with E-state index in [-0.39, 0.29) is 18.0 Å². The number of aliphatic hydroxyl groups is 1. The fraction of sp³-hybridized carbons (Fsp3) is 0.654. The van der Waals surface area contributed by atoms with Crippen LogP contribution in [-0.4, -0.2) is 58.2 Å². The minimum absolute atomic E-state index is 0.0458. The molecule has 8 nitrogen and oxygen atoms in total. The molecule has 3 N–H and O–H groups in total. The second-order valence-corrected chi connectivity index (χ2v) is 10.4. The summed E-state index contributed by atoms with van der Waals surface area (Å²) in [4.78, 5) is 41.1. The van der Waals surface area contributed by atoms with Crippen LogP contribution in [0.3, 0.4) is 0 Å². The van der Waals surface area contributed by atoms with Gasteiger partial charge in [-0.1, -0.05) is 42.7 Å². The molecule has 1 aliphatic rings. The number of ether oxygens (including phenoxy) is 1. The topological polar surface area (TPSA) is 108 Å². The SMILES string of the molecule is CCCC(C)NC(=O)C(c1cc(C)cc(C)c1)N(C(=O)C(CO)NC(=O)OC(C)(C)C)C1CC1. The van der Waals surface area contributed by atoms with Crippen molar-refractivity contribution in [3.8, 4) is 0 Å². The van der Waals surface area contributed by atoms with E-state index in [9.17, 15) is 19.5 Å². The maximum Gasteiger partial charge on any atom is 0.408 e. The zero-order valence-electron chi connectivity index (χ0n) is 21.6. The molecule has 1 saturated carbocycles. The fourth-order valence-corrected chi connectivity index (χ4v) is 4.12. The molecule has 8 heteroatoms. The first-order valence-corrected chi connectivity index (χ1v) is 12.2. The smallest absolute Gasteiger partial charge is 0.408 e. The molecule has 0 bridgehead atoms.